The van der Waals surface area contributed by atoms with Gasteiger partial charge in [0.25, 0.3) is 0 Å². The van der Waals surface area contributed by atoms with Crippen molar-refractivity contribution in [1.82, 2.24) is 4.90 Å². The van der Waals surface area contributed by atoms with Crippen LogP contribution in [0.3, 0.4) is 0 Å². The van der Waals surface area contributed by atoms with E-state index in [2.05, 4.69) is 5.32 Å². The molecule has 1 aliphatic heterocycles. The van der Waals surface area contributed by atoms with E-state index >= 15 is 0 Å². The first-order valence-electron chi connectivity index (χ1n) is 8.31. The molecule has 0 radical (unpaired) electrons. The van der Waals surface area contributed by atoms with Gasteiger partial charge in [0.2, 0.25) is 5.91 Å². The molecule has 0 saturated carbocycles. The summed E-state index contributed by atoms with van der Waals surface area (Å²) >= 11 is 0. The van der Waals surface area contributed by atoms with E-state index in [1.165, 1.54) is 0 Å². The molecule has 138 valence electrons. The maximum atomic E-state index is 13.7. The smallest absolute Gasteiger partial charge is 0.238 e. The van der Waals surface area contributed by atoms with Crippen LogP contribution in [0.1, 0.15) is 24.4 Å². The van der Waals surface area contributed by atoms with E-state index in [9.17, 15) is 18.0 Å². The van der Waals surface area contributed by atoms with Gasteiger partial charge in [0.05, 0.1) is 19.3 Å². The highest BCUT2D eigenvalue weighted by Crippen LogP contribution is 2.32. The highest BCUT2D eigenvalue weighted by atomic mass is 19.2. The molecule has 1 atom stereocenters. The number of carbonyl (C=O) groups is 1. The van der Waals surface area contributed by atoms with Gasteiger partial charge >= 0.3 is 0 Å². The molecule has 1 unspecified atom stereocenters. The molecule has 3 rings (SSSR count). The fourth-order valence-electron chi connectivity index (χ4n) is 3.22. The van der Waals surface area contributed by atoms with E-state index in [4.69, 9.17) is 4.74 Å². The molecule has 7 heteroatoms. The van der Waals surface area contributed by atoms with Crippen LogP contribution in [0.25, 0.3) is 0 Å². The minimum absolute atomic E-state index is 0.0368. The van der Waals surface area contributed by atoms with Crippen molar-refractivity contribution in [2.75, 3.05) is 25.5 Å². The summed E-state index contributed by atoms with van der Waals surface area (Å²) in [5.74, 6) is -4.01. The minimum Gasteiger partial charge on any atom is -0.497 e. The molecule has 26 heavy (non-hydrogen) atoms. The van der Waals surface area contributed by atoms with Gasteiger partial charge in [-0.3, -0.25) is 9.69 Å². The normalized spacial score (nSPS) is 17.3. The van der Waals surface area contributed by atoms with E-state index in [0.29, 0.717) is 0 Å². The Morgan fingerprint density at radius 1 is 1.15 bits per heavy atom. The molecule has 0 aromatic heterocycles. The van der Waals surface area contributed by atoms with E-state index in [0.717, 1.165) is 42.8 Å². The average molecular weight is 364 g/mol. The van der Waals surface area contributed by atoms with E-state index in [-0.39, 0.29) is 18.3 Å². The Morgan fingerprint density at radius 2 is 1.88 bits per heavy atom. The number of ether oxygens (including phenoxy) is 1. The summed E-state index contributed by atoms with van der Waals surface area (Å²) in [6.07, 6.45) is 1.84. The molecule has 1 amide bonds. The fraction of sp³-hybridized carbons (Fsp3) is 0.316. The van der Waals surface area contributed by atoms with Crippen LogP contribution in [0.15, 0.2) is 36.4 Å². The Hall–Kier alpha value is -2.54. The number of halogens is 3. The summed E-state index contributed by atoms with van der Waals surface area (Å²) in [4.78, 5) is 14.2. The Kier molecular flexibility index (Phi) is 5.46. The summed E-state index contributed by atoms with van der Waals surface area (Å²) in [7, 11) is 1.60. The number of nitrogens with one attached hydrogen (secondary N) is 1. The van der Waals surface area contributed by atoms with Crippen LogP contribution < -0.4 is 10.1 Å². The van der Waals surface area contributed by atoms with Crippen molar-refractivity contribution in [2.45, 2.75) is 18.9 Å². The maximum absolute atomic E-state index is 13.7. The third-order valence-corrected chi connectivity index (χ3v) is 4.52. The van der Waals surface area contributed by atoms with Crippen molar-refractivity contribution in [3.8, 4) is 5.75 Å². The molecule has 4 nitrogen and oxygen atoms in total. The lowest BCUT2D eigenvalue weighted by Gasteiger charge is -2.24. The van der Waals surface area contributed by atoms with Crippen LogP contribution in [-0.2, 0) is 4.79 Å². The quantitative estimate of drug-likeness (QED) is 0.819. The Morgan fingerprint density at radius 3 is 2.58 bits per heavy atom. The highest BCUT2D eigenvalue weighted by molar-refractivity contribution is 5.92. The molecular formula is C19H19F3N2O2. The number of anilines is 1. The number of benzene rings is 2. The molecule has 1 fully saturated rings. The SMILES string of the molecule is COc1ccc(C2CCCN2CC(=O)Nc2ccc(F)c(F)c2F)cc1. The van der Waals surface area contributed by atoms with Crippen molar-refractivity contribution in [3.05, 3.63) is 59.4 Å². The first-order chi connectivity index (χ1) is 12.5. The standard InChI is InChI=1S/C19H19F3N2O2/c1-26-13-6-4-12(5-7-13)16-3-2-10-24(16)11-17(25)23-15-9-8-14(20)18(21)19(15)22/h4-9,16H,2-3,10-11H2,1H3,(H,23,25). The van der Waals surface area contributed by atoms with Gasteiger partial charge in [-0.05, 0) is 49.2 Å². The molecule has 1 aliphatic rings. The number of methoxy groups -OCH3 is 1. The van der Waals surface area contributed by atoms with Gasteiger partial charge in [-0.15, -0.1) is 0 Å². The van der Waals surface area contributed by atoms with Crippen LogP contribution in [0.4, 0.5) is 18.9 Å². The number of rotatable bonds is 5. The molecule has 1 saturated heterocycles. The third-order valence-electron chi connectivity index (χ3n) is 4.52. The second kappa shape index (κ2) is 7.78. The predicted molar refractivity (Wildman–Crippen MR) is 91.5 cm³/mol. The van der Waals surface area contributed by atoms with Crippen molar-refractivity contribution < 1.29 is 22.7 Å². The summed E-state index contributed by atoms with van der Waals surface area (Å²) in [5.41, 5.74) is 0.698. The number of hydrogen-bond donors (Lipinski definition) is 1. The predicted octanol–water partition coefficient (Wildman–Crippen LogP) is 3.89. The third kappa shape index (κ3) is 3.83. The number of carbonyl (C=O) groups excluding carboxylic acids is 1. The van der Waals surface area contributed by atoms with E-state index in [1.54, 1.807) is 7.11 Å². The van der Waals surface area contributed by atoms with Crippen molar-refractivity contribution in [2.24, 2.45) is 0 Å². The Labute approximate surface area is 149 Å². The Bertz CT molecular complexity index is 796. The van der Waals surface area contributed by atoms with Gasteiger partial charge in [0.15, 0.2) is 17.5 Å². The second-order valence-corrected chi connectivity index (χ2v) is 6.17. The minimum atomic E-state index is -1.60. The first-order valence-corrected chi connectivity index (χ1v) is 8.31. The number of amides is 1. The summed E-state index contributed by atoms with van der Waals surface area (Å²) in [5, 5.41) is 2.31. The van der Waals surface area contributed by atoms with Crippen LogP contribution in [0.5, 0.6) is 5.75 Å². The zero-order valence-electron chi connectivity index (χ0n) is 14.3. The van der Waals surface area contributed by atoms with Gasteiger partial charge in [-0.2, -0.15) is 0 Å². The molecule has 0 aliphatic carbocycles. The molecule has 2 aromatic carbocycles. The summed E-state index contributed by atoms with van der Waals surface area (Å²) < 4.78 is 45.1. The van der Waals surface area contributed by atoms with Crippen molar-refractivity contribution >= 4 is 11.6 Å². The topological polar surface area (TPSA) is 41.6 Å². The van der Waals surface area contributed by atoms with E-state index in [1.807, 2.05) is 29.2 Å². The fourth-order valence-corrected chi connectivity index (χ4v) is 3.22. The van der Waals surface area contributed by atoms with Crippen molar-refractivity contribution in [1.29, 1.82) is 0 Å². The number of hydrogen-bond acceptors (Lipinski definition) is 3. The van der Waals surface area contributed by atoms with Gasteiger partial charge < -0.3 is 10.1 Å². The maximum Gasteiger partial charge on any atom is 0.238 e. The number of nitrogens with zero attached hydrogens (tertiary/aromatic N) is 1. The summed E-state index contributed by atoms with van der Waals surface area (Å²) in [6, 6.07) is 9.50. The monoisotopic (exact) mass is 364 g/mol. The van der Waals surface area contributed by atoms with Crippen LogP contribution in [0.2, 0.25) is 0 Å². The van der Waals surface area contributed by atoms with Gasteiger partial charge in [-0.1, -0.05) is 12.1 Å². The lowest BCUT2D eigenvalue weighted by molar-refractivity contribution is -0.117. The average Bonchev–Trinajstić information content (AvgIpc) is 3.10. The van der Waals surface area contributed by atoms with E-state index < -0.39 is 23.4 Å². The van der Waals surface area contributed by atoms with Crippen LogP contribution in [0, 0.1) is 17.5 Å². The molecule has 0 bridgehead atoms. The zero-order valence-corrected chi connectivity index (χ0v) is 14.3. The molecule has 1 N–H and O–H groups in total. The zero-order chi connectivity index (χ0) is 18.7. The summed E-state index contributed by atoms with van der Waals surface area (Å²) in [6.45, 7) is 0.763. The van der Waals surface area contributed by atoms with Gasteiger partial charge in [0.1, 0.15) is 5.75 Å². The van der Waals surface area contributed by atoms with Crippen LogP contribution >= 0.6 is 0 Å². The van der Waals surface area contributed by atoms with Crippen LogP contribution in [-0.4, -0.2) is 31.0 Å². The molecule has 0 spiro atoms. The van der Waals surface area contributed by atoms with Gasteiger partial charge in [0, 0.05) is 6.04 Å². The molecular weight excluding hydrogens is 345 g/mol. The second-order valence-electron chi connectivity index (χ2n) is 6.17. The highest BCUT2D eigenvalue weighted by Gasteiger charge is 2.28. The number of likely N-dealkylation sites (tertiary alicyclic amines) is 1. The molecule has 2 aromatic rings. The largest absolute Gasteiger partial charge is 0.497 e. The van der Waals surface area contributed by atoms with Crippen molar-refractivity contribution in [3.63, 3.8) is 0 Å². The Balaban J connectivity index is 1.67. The first kappa shape index (κ1) is 18.3. The van der Waals surface area contributed by atoms with Gasteiger partial charge in [-0.25, -0.2) is 13.2 Å². The lowest BCUT2D eigenvalue weighted by atomic mass is 10.0. The molecule has 1 heterocycles. The lowest BCUT2D eigenvalue weighted by Crippen LogP contribution is -2.33.